The first-order valence-electron chi connectivity index (χ1n) is 4.94. The molecule has 1 aromatic carbocycles. The summed E-state index contributed by atoms with van der Waals surface area (Å²) in [6.45, 7) is 2.90. The normalized spacial score (nSPS) is 10.4. The summed E-state index contributed by atoms with van der Waals surface area (Å²) in [6.07, 6.45) is 3.64. The number of benzene rings is 1. The van der Waals surface area contributed by atoms with E-state index in [2.05, 4.69) is 10.3 Å². The average molecular weight is 256 g/mol. The molecule has 0 saturated heterocycles. The Morgan fingerprint density at radius 1 is 1.38 bits per heavy atom. The second kappa shape index (κ2) is 4.76. The van der Waals surface area contributed by atoms with Crippen molar-refractivity contribution in [2.75, 3.05) is 5.32 Å². The Hall–Kier alpha value is -1.19. The Kier molecular flexibility index (Phi) is 3.36. The molecule has 3 nitrogen and oxygen atoms in total. The molecule has 0 atom stereocenters. The quantitative estimate of drug-likeness (QED) is 0.900. The van der Waals surface area contributed by atoms with Crippen LogP contribution in [0.25, 0.3) is 0 Å². The second-order valence-electron chi connectivity index (χ2n) is 3.26. The Morgan fingerprint density at radius 3 is 2.94 bits per heavy atom. The van der Waals surface area contributed by atoms with E-state index < -0.39 is 0 Å². The van der Waals surface area contributed by atoms with E-state index in [0.717, 1.165) is 18.2 Å². The van der Waals surface area contributed by atoms with E-state index in [1.54, 1.807) is 12.3 Å². The Morgan fingerprint density at radius 2 is 2.19 bits per heavy atom. The zero-order valence-electron chi connectivity index (χ0n) is 8.74. The summed E-state index contributed by atoms with van der Waals surface area (Å²) >= 11 is 12.0. The van der Waals surface area contributed by atoms with Gasteiger partial charge in [-0.2, -0.15) is 0 Å². The van der Waals surface area contributed by atoms with Gasteiger partial charge in [-0.3, -0.25) is 0 Å². The molecule has 1 N–H and O–H groups in total. The van der Waals surface area contributed by atoms with Crippen molar-refractivity contribution >= 4 is 34.8 Å². The lowest BCUT2D eigenvalue weighted by Gasteiger charge is -2.09. The van der Waals surface area contributed by atoms with Crippen LogP contribution >= 0.6 is 23.2 Å². The molecule has 2 rings (SSSR count). The van der Waals surface area contributed by atoms with E-state index in [4.69, 9.17) is 23.2 Å². The molecule has 0 unspecified atom stereocenters. The van der Waals surface area contributed by atoms with Gasteiger partial charge in [0.15, 0.2) is 0 Å². The van der Waals surface area contributed by atoms with Crippen molar-refractivity contribution < 1.29 is 0 Å². The zero-order valence-corrected chi connectivity index (χ0v) is 10.3. The van der Waals surface area contributed by atoms with E-state index >= 15 is 0 Å². The van der Waals surface area contributed by atoms with Gasteiger partial charge in [-0.1, -0.05) is 29.3 Å². The van der Waals surface area contributed by atoms with Gasteiger partial charge in [0.1, 0.15) is 0 Å². The molecule has 5 heteroatoms. The van der Waals surface area contributed by atoms with Crippen LogP contribution < -0.4 is 5.32 Å². The van der Waals surface area contributed by atoms with Gasteiger partial charge < -0.3 is 9.88 Å². The second-order valence-corrected chi connectivity index (χ2v) is 4.05. The first-order chi connectivity index (χ1) is 7.72. The van der Waals surface area contributed by atoms with Crippen molar-refractivity contribution in [3.05, 3.63) is 40.6 Å². The van der Waals surface area contributed by atoms with Gasteiger partial charge in [0.05, 0.1) is 15.7 Å². The van der Waals surface area contributed by atoms with E-state index in [1.165, 1.54) is 0 Å². The van der Waals surface area contributed by atoms with Crippen LogP contribution in [-0.4, -0.2) is 9.55 Å². The minimum Gasteiger partial charge on any atom is -0.324 e. The van der Waals surface area contributed by atoms with Crippen molar-refractivity contribution in [3.63, 3.8) is 0 Å². The maximum atomic E-state index is 6.07. The average Bonchev–Trinajstić information content (AvgIpc) is 2.72. The van der Waals surface area contributed by atoms with Crippen molar-refractivity contribution in [2.24, 2.45) is 0 Å². The van der Waals surface area contributed by atoms with Gasteiger partial charge in [0, 0.05) is 18.9 Å². The lowest BCUT2D eigenvalue weighted by molar-refractivity contribution is 0.772. The highest BCUT2D eigenvalue weighted by Gasteiger charge is 2.07. The first-order valence-corrected chi connectivity index (χ1v) is 5.70. The van der Waals surface area contributed by atoms with Gasteiger partial charge in [0.25, 0.3) is 0 Å². The third kappa shape index (κ3) is 2.15. The number of anilines is 2. The molecule has 0 radical (unpaired) electrons. The van der Waals surface area contributed by atoms with Crippen LogP contribution in [0.1, 0.15) is 6.92 Å². The molecule has 0 bridgehead atoms. The molecule has 0 fully saturated rings. The van der Waals surface area contributed by atoms with Crippen LogP contribution in [0.3, 0.4) is 0 Å². The molecule has 2 aromatic rings. The van der Waals surface area contributed by atoms with Crippen molar-refractivity contribution in [1.82, 2.24) is 9.55 Å². The molecule has 0 amide bonds. The SMILES string of the molecule is CCn1ccnc1Nc1cccc(Cl)c1Cl. The molecule has 0 spiro atoms. The molecular formula is C11H11Cl2N3. The van der Waals surface area contributed by atoms with E-state index in [9.17, 15) is 0 Å². The van der Waals surface area contributed by atoms with E-state index in [1.807, 2.05) is 29.8 Å². The lowest BCUT2D eigenvalue weighted by Crippen LogP contribution is -2.01. The summed E-state index contributed by atoms with van der Waals surface area (Å²) < 4.78 is 1.98. The Labute approximate surface area is 104 Å². The number of imidazole rings is 1. The lowest BCUT2D eigenvalue weighted by atomic mass is 10.3. The van der Waals surface area contributed by atoms with Crippen LogP contribution in [0.4, 0.5) is 11.6 Å². The molecule has 1 heterocycles. The Balaban J connectivity index is 2.30. The summed E-state index contributed by atoms with van der Waals surface area (Å²) in [7, 11) is 0. The van der Waals surface area contributed by atoms with E-state index in [-0.39, 0.29) is 0 Å². The smallest absolute Gasteiger partial charge is 0.207 e. The number of aromatic nitrogens is 2. The summed E-state index contributed by atoms with van der Waals surface area (Å²) in [5.74, 6) is 0.756. The molecule has 0 aliphatic heterocycles. The predicted octanol–water partition coefficient (Wildman–Crippen LogP) is 3.95. The molecule has 84 valence electrons. The monoisotopic (exact) mass is 255 g/mol. The highest BCUT2D eigenvalue weighted by molar-refractivity contribution is 6.43. The van der Waals surface area contributed by atoms with Crippen LogP contribution in [0.5, 0.6) is 0 Å². The fourth-order valence-corrected chi connectivity index (χ4v) is 1.76. The summed E-state index contributed by atoms with van der Waals surface area (Å²) in [5, 5.41) is 4.19. The number of nitrogens with zero attached hydrogens (tertiary/aromatic N) is 2. The van der Waals surface area contributed by atoms with E-state index in [0.29, 0.717) is 10.0 Å². The molecular weight excluding hydrogens is 245 g/mol. The number of hydrogen-bond acceptors (Lipinski definition) is 2. The molecule has 0 aliphatic carbocycles. The third-order valence-corrected chi connectivity index (χ3v) is 3.07. The van der Waals surface area contributed by atoms with Crippen LogP contribution in [-0.2, 0) is 6.54 Å². The fourth-order valence-electron chi connectivity index (χ4n) is 1.41. The molecule has 0 aliphatic rings. The van der Waals surface area contributed by atoms with Gasteiger partial charge in [-0.05, 0) is 19.1 Å². The molecule has 1 aromatic heterocycles. The highest BCUT2D eigenvalue weighted by Crippen LogP contribution is 2.31. The minimum atomic E-state index is 0.509. The van der Waals surface area contributed by atoms with Gasteiger partial charge >= 0.3 is 0 Å². The van der Waals surface area contributed by atoms with Gasteiger partial charge in [0.2, 0.25) is 5.95 Å². The maximum Gasteiger partial charge on any atom is 0.207 e. The fraction of sp³-hybridized carbons (Fsp3) is 0.182. The molecule has 0 saturated carbocycles. The Bertz CT molecular complexity index is 494. The topological polar surface area (TPSA) is 29.9 Å². The maximum absolute atomic E-state index is 6.07. The third-order valence-electron chi connectivity index (χ3n) is 2.25. The zero-order chi connectivity index (χ0) is 11.5. The summed E-state index contributed by atoms with van der Waals surface area (Å²) in [4.78, 5) is 4.20. The van der Waals surface area contributed by atoms with Crippen LogP contribution in [0, 0.1) is 0 Å². The number of hydrogen-bond donors (Lipinski definition) is 1. The summed E-state index contributed by atoms with van der Waals surface area (Å²) in [6, 6.07) is 5.46. The molecule has 16 heavy (non-hydrogen) atoms. The largest absolute Gasteiger partial charge is 0.324 e. The van der Waals surface area contributed by atoms with Crippen LogP contribution in [0.2, 0.25) is 10.0 Å². The van der Waals surface area contributed by atoms with Crippen LogP contribution in [0.15, 0.2) is 30.6 Å². The number of aryl methyl sites for hydroxylation is 1. The van der Waals surface area contributed by atoms with Crippen molar-refractivity contribution in [1.29, 1.82) is 0 Å². The standard InChI is InChI=1S/C11H11Cl2N3/c1-2-16-7-6-14-11(16)15-9-5-3-4-8(12)10(9)13/h3-7H,2H2,1H3,(H,14,15). The van der Waals surface area contributed by atoms with Gasteiger partial charge in [-0.15, -0.1) is 0 Å². The number of halogens is 2. The predicted molar refractivity (Wildman–Crippen MR) is 67.6 cm³/mol. The van der Waals surface area contributed by atoms with Crippen molar-refractivity contribution in [3.8, 4) is 0 Å². The number of rotatable bonds is 3. The van der Waals surface area contributed by atoms with Crippen molar-refractivity contribution in [2.45, 2.75) is 13.5 Å². The van der Waals surface area contributed by atoms with Gasteiger partial charge in [-0.25, -0.2) is 4.98 Å². The summed E-state index contributed by atoms with van der Waals surface area (Å²) in [5.41, 5.74) is 0.759. The highest BCUT2D eigenvalue weighted by atomic mass is 35.5. The number of nitrogens with one attached hydrogen (secondary N) is 1. The first kappa shape index (κ1) is 11.3. The minimum absolute atomic E-state index is 0.509.